The third kappa shape index (κ3) is 2.32. The molecule has 82 valence electrons. The van der Waals surface area contributed by atoms with Crippen LogP contribution < -0.4 is 0 Å². The lowest BCUT2D eigenvalue weighted by Gasteiger charge is -2.19. The standard InChI is InChI=1S/C12H17O2P/c1-9-11-7-5-4-6-10(11)8-12(9)14-15(2,3)13/h4-7,9,12H,8H2,1-3H3/t9-,12?/m1/s1. The summed E-state index contributed by atoms with van der Waals surface area (Å²) in [5, 5.41) is 0. The van der Waals surface area contributed by atoms with Crippen molar-refractivity contribution in [2.45, 2.75) is 25.4 Å². The predicted molar refractivity (Wildman–Crippen MR) is 62.9 cm³/mol. The number of rotatable bonds is 2. The molecule has 2 nitrogen and oxygen atoms in total. The molecular formula is C12H17O2P. The van der Waals surface area contributed by atoms with Crippen molar-refractivity contribution in [2.24, 2.45) is 0 Å². The lowest BCUT2D eigenvalue weighted by atomic mass is 10.0. The monoisotopic (exact) mass is 224 g/mol. The van der Waals surface area contributed by atoms with Gasteiger partial charge in [0, 0.05) is 19.2 Å². The maximum Gasteiger partial charge on any atom is 0.197 e. The third-order valence-corrected chi connectivity index (χ3v) is 3.69. The summed E-state index contributed by atoms with van der Waals surface area (Å²) in [7, 11) is -2.38. The molecule has 0 fully saturated rings. The van der Waals surface area contributed by atoms with Crippen LogP contribution in [0.5, 0.6) is 0 Å². The minimum absolute atomic E-state index is 0.0863. The average Bonchev–Trinajstić information content (AvgIpc) is 2.42. The quantitative estimate of drug-likeness (QED) is 0.721. The Morgan fingerprint density at radius 1 is 1.33 bits per heavy atom. The zero-order valence-electron chi connectivity index (χ0n) is 9.43. The molecular weight excluding hydrogens is 207 g/mol. The van der Waals surface area contributed by atoms with E-state index in [0.29, 0.717) is 5.92 Å². The number of fused-ring (bicyclic) bond motifs is 1. The van der Waals surface area contributed by atoms with Gasteiger partial charge in [-0.3, -0.25) is 4.57 Å². The van der Waals surface area contributed by atoms with Crippen LogP contribution in [0.1, 0.15) is 24.0 Å². The number of benzene rings is 1. The molecule has 0 amide bonds. The minimum Gasteiger partial charge on any atom is -0.324 e. The fourth-order valence-corrected chi connectivity index (χ4v) is 3.12. The van der Waals surface area contributed by atoms with Gasteiger partial charge in [-0.25, -0.2) is 0 Å². The van der Waals surface area contributed by atoms with Crippen LogP contribution in [-0.2, 0) is 15.5 Å². The van der Waals surface area contributed by atoms with Gasteiger partial charge in [0.15, 0.2) is 7.37 Å². The molecule has 0 spiro atoms. The first kappa shape index (κ1) is 10.9. The van der Waals surface area contributed by atoms with E-state index in [9.17, 15) is 4.57 Å². The molecule has 15 heavy (non-hydrogen) atoms. The van der Waals surface area contributed by atoms with Crippen molar-refractivity contribution in [1.82, 2.24) is 0 Å². The van der Waals surface area contributed by atoms with Crippen molar-refractivity contribution in [1.29, 1.82) is 0 Å². The van der Waals surface area contributed by atoms with Crippen molar-refractivity contribution in [2.75, 3.05) is 13.3 Å². The molecule has 0 radical (unpaired) electrons. The van der Waals surface area contributed by atoms with Crippen molar-refractivity contribution >= 4 is 7.37 Å². The molecule has 1 aromatic rings. The molecule has 1 aliphatic rings. The fraction of sp³-hybridized carbons (Fsp3) is 0.500. The van der Waals surface area contributed by atoms with Gasteiger partial charge in [-0.05, 0) is 17.5 Å². The first-order chi connectivity index (χ1) is 6.97. The van der Waals surface area contributed by atoms with E-state index in [1.165, 1.54) is 11.1 Å². The highest BCUT2D eigenvalue weighted by molar-refractivity contribution is 7.57. The van der Waals surface area contributed by atoms with Crippen LogP contribution in [0.4, 0.5) is 0 Å². The number of hydrogen-bond acceptors (Lipinski definition) is 2. The van der Waals surface area contributed by atoms with Crippen molar-refractivity contribution in [3.05, 3.63) is 35.4 Å². The van der Waals surface area contributed by atoms with E-state index < -0.39 is 7.37 Å². The second-order valence-electron chi connectivity index (χ2n) is 4.59. The lowest BCUT2D eigenvalue weighted by molar-refractivity contribution is 0.196. The van der Waals surface area contributed by atoms with Crippen LogP contribution in [0.25, 0.3) is 0 Å². The summed E-state index contributed by atoms with van der Waals surface area (Å²) >= 11 is 0. The summed E-state index contributed by atoms with van der Waals surface area (Å²) < 4.78 is 17.3. The van der Waals surface area contributed by atoms with Crippen molar-refractivity contribution in [3.8, 4) is 0 Å². The minimum atomic E-state index is -2.38. The molecule has 1 aliphatic carbocycles. The summed E-state index contributed by atoms with van der Waals surface area (Å²) in [6.45, 7) is 5.51. The van der Waals surface area contributed by atoms with Crippen LogP contribution in [0.2, 0.25) is 0 Å². The Morgan fingerprint density at radius 2 is 2.00 bits per heavy atom. The number of hydrogen-bond donors (Lipinski definition) is 0. The average molecular weight is 224 g/mol. The van der Waals surface area contributed by atoms with Crippen LogP contribution in [0.3, 0.4) is 0 Å². The third-order valence-electron chi connectivity index (χ3n) is 2.91. The van der Waals surface area contributed by atoms with Crippen molar-refractivity contribution < 1.29 is 9.09 Å². The summed E-state index contributed by atoms with van der Waals surface area (Å²) in [5.74, 6) is 0.356. The Hall–Kier alpha value is -0.590. The molecule has 0 saturated heterocycles. The molecule has 2 atom stereocenters. The van der Waals surface area contributed by atoms with Gasteiger partial charge in [-0.2, -0.15) is 0 Å². The van der Waals surface area contributed by atoms with E-state index in [-0.39, 0.29) is 6.10 Å². The molecule has 2 rings (SSSR count). The molecule has 1 aromatic carbocycles. The van der Waals surface area contributed by atoms with Gasteiger partial charge in [-0.15, -0.1) is 0 Å². The Bertz CT molecular complexity index is 408. The molecule has 0 aromatic heterocycles. The van der Waals surface area contributed by atoms with Gasteiger partial charge < -0.3 is 4.52 Å². The van der Waals surface area contributed by atoms with Gasteiger partial charge in [-0.1, -0.05) is 31.2 Å². The van der Waals surface area contributed by atoms with Crippen LogP contribution in [0, 0.1) is 0 Å². The first-order valence-electron chi connectivity index (χ1n) is 5.28. The Labute approximate surface area is 91.1 Å². The van der Waals surface area contributed by atoms with Crippen molar-refractivity contribution in [3.63, 3.8) is 0 Å². The van der Waals surface area contributed by atoms with Gasteiger partial charge >= 0.3 is 0 Å². The van der Waals surface area contributed by atoms with Gasteiger partial charge in [0.25, 0.3) is 0 Å². The van der Waals surface area contributed by atoms with E-state index in [1.807, 2.05) is 6.07 Å². The Kier molecular flexibility index (Phi) is 2.74. The highest BCUT2D eigenvalue weighted by Gasteiger charge is 2.32. The molecule has 0 saturated carbocycles. The van der Waals surface area contributed by atoms with Gasteiger partial charge in [0.05, 0.1) is 6.10 Å². The molecule has 0 aliphatic heterocycles. The van der Waals surface area contributed by atoms with E-state index in [0.717, 1.165) is 6.42 Å². The molecule has 3 heteroatoms. The summed E-state index contributed by atoms with van der Waals surface area (Å²) in [5.41, 5.74) is 2.68. The highest BCUT2D eigenvalue weighted by Crippen LogP contribution is 2.45. The van der Waals surface area contributed by atoms with Crippen LogP contribution in [-0.4, -0.2) is 19.4 Å². The predicted octanol–water partition coefficient (Wildman–Crippen LogP) is 3.27. The molecule has 0 heterocycles. The SMILES string of the molecule is C[C@@H]1c2ccccc2CC1OP(C)(C)=O. The van der Waals surface area contributed by atoms with E-state index >= 15 is 0 Å². The van der Waals surface area contributed by atoms with E-state index in [2.05, 4.69) is 25.1 Å². The van der Waals surface area contributed by atoms with Crippen LogP contribution >= 0.6 is 7.37 Å². The maximum atomic E-state index is 11.6. The first-order valence-corrected chi connectivity index (χ1v) is 7.80. The molecule has 1 unspecified atom stereocenters. The smallest absolute Gasteiger partial charge is 0.197 e. The fourth-order valence-electron chi connectivity index (χ4n) is 2.21. The normalized spacial score (nSPS) is 25.3. The summed E-state index contributed by atoms with van der Waals surface area (Å²) in [6.07, 6.45) is 0.978. The largest absolute Gasteiger partial charge is 0.324 e. The summed E-state index contributed by atoms with van der Waals surface area (Å²) in [6, 6.07) is 8.37. The van der Waals surface area contributed by atoms with Gasteiger partial charge in [0.2, 0.25) is 0 Å². The van der Waals surface area contributed by atoms with E-state index in [4.69, 9.17) is 4.52 Å². The molecule has 0 N–H and O–H groups in total. The van der Waals surface area contributed by atoms with Gasteiger partial charge in [0.1, 0.15) is 0 Å². The van der Waals surface area contributed by atoms with E-state index in [1.54, 1.807) is 13.3 Å². The second kappa shape index (κ2) is 3.77. The zero-order valence-corrected chi connectivity index (χ0v) is 10.3. The molecule has 0 bridgehead atoms. The second-order valence-corrected chi connectivity index (χ2v) is 7.30. The Balaban J connectivity index is 2.20. The Morgan fingerprint density at radius 3 is 2.60 bits per heavy atom. The highest BCUT2D eigenvalue weighted by atomic mass is 31.2. The topological polar surface area (TPSA) is 26.3 Å². The lowest BCUT2D eigenvalue weighted by Crippen LogP contribution is -2.14. The summed E-state index contributed by atoms with van der Waals surface area (Å²) in [4.78, 5) is 0. The zero-order chi connectivity index (χ0) is 11.1. The van der Waals surface area contributed by atoms with Crippen LogP contribution in [0.15, 0.2) is 24.3 Å². The maximum absolute atomic E-state index is 11.6.